The molecule has 0 aliphatic heterocycles. The van der Waals surface area contributed by atoms with Gasteiger partial charge in [0.15, 0.2) is 0 Å². The van der Waals surface area contributed by atoms with Gasteiger partial charge >= 0.3 is 0 Å². The van der Waals surface area contributed by atoms with Crippen molar-refractivity contribution in [1.29, 1.82) is 0 Å². The third-order valence-electron chi connectivity index (χ3n) is 2.63. The van der Waals surface area contributed by atoms with Crippen molar-refractivity contribution in [2.24, 2.45) is 0 Å². The molecule has 15 heavy (non-hydrogen) atoms. The Bertz CT molecular complexity index is 338. The van der Waals surface area contributed by atoms with Crippen LogP contribution >= 0.6 is 22.9 Å². The molecule has 0 saturated carbocycles. The van der Waals surface area contributed by atoms with E-state index in [0.717, 1.165) is 0 Å². The number of hydrogen-bond acceptors (Lipinski definition) is 2. The Morgan fingerprint density at radius 1 is 1.47 bits per heavy atom. The van der Waals surface area contributed by atoms with Crippen molar-refractivity contribution < 1.29 is 4.79 Å². The minimum Gasteiger partial charge on any atom is -0.350 e. The number of alkyl halides is 1. The van der Waals surface area contributed by atoms with Crippen LogP contribution in [0.5, 0.6) is 0 Å². The van der Waals surface area contributed by atoms with E-state index < -0.39 is 0 Å². The molecule has 1 aliphatic rings. The number of nitrogens with one attached hydrogen (secondary N) is 1. The first-order chi connectivity index (χ1) is 7.29. The Hall–Kier alpha value is -0.540. The Kier molecular flexibility index (Phi) is 3.65. The van der Waals surface area contributed by atoms with E-state index in [9.17, 15) is 4.79 Å². The van der Waals surface area contributed by atoms with E-state index in [1.165, 1.54) is 41.0 Å². The second-order valence-electron chi connectivity index (χ2n) is 3.78. The van der Waals surface area contributed by atoms with E-state index >= 15 is 0 Å². The maximum atomic E-state index is 11.0. The van der Waals surface area contributed by atoms with Gasteiger partial charge in [-0.1, -0.05) is 0 Å². The fraction of sp³-hybridized carbons (Fsp3) is 0.545. The van der Waals surface area contributed by atoms with Crippen molar-refractivity contribution in [3.63, 3.8) is 0 Å². The first kappa shape index (κ1) is 11.0. The maximum Gasteiger partial charge on any atom is 0.235 e. The zero-order chi connectivity index (χ0) is 10.7. The summed E-state index contributed by atoms with van der Waals surface area (Å²) >= 11 is 7.24. The highest BCUT2D eigenvalue weighted by Gasteiger charge is 2.13. The number of fused-ring (bicyclic) bond motifs is 1. The van der Waals surface area contributed by atoms with Gasteiger partial charge in [0.2, 0.25) is 5.91 Å². The SMILES string of the molecule is O=C(CCl)NCc1cc2c(s1)CCCC2. The second kappa shape index (κ2) is 4.99. The predicted molar refractivity (Wildman–Crippen MR) is 63.5 cm³/mol. The molecule has 0 spiro atoms. The number of hydrogen-bond donors (Lipinski definition) is 1. The van der Waals surface area contributed by atoms with Crippen LogP contribution in [0.25, 0.3) is 0 Å². The summed E-state index contributed by atoms with van der Waals surface area (Å²) in [6, 6.07) is 2.23. The van der Waals surface area contributed by atoms with Gasteiger partial charge in [0, 0.05) is 9.75 Å². The number of carbonyl (C=O) groups excluding carboxylic acids is 1. The average molecular weight is 244 g/mol. The minimum atomic E-state index is -0.0944. The molecule has 0 aromatic carbocycles. The molecule has 0 unspecified atom stereocenters. The molecule has 1 aliphatic carbocycles. The van der Waals surface area contributed by atoms with Crippen molar-refractivity contribution in [2.45, 2.75) is 32.2 Å². The van der Waals surface area contributed by atoms with Gasteiger partial charge < -0.3 is 5.32 Å². The lowest BCUT2D eigenvalue weighted by Gasteiger charge is -2.08. The van der Waals surface area contributed by atoms with Gasteiger partial charge in [-0.15, -0.1) is 22.9 Å². The van der Waals surface area contributed by atoms with E-state index in [0.29, 0.717) is 6.54 Å². The van der Waals surface area contributed by atoms with Crippen molar-refractivity contribution in [3.8, 4) is 0 Å². The first-order valence-corrected chi connectivity index (χ1v) is 6.58. The molecule has 1 aromatic heterocycles. The zero-order valence-electron chi connectivity index (χ0n) is 8.51. The number of thiophene rings is 1. The summed E-state index contributed by atoms with van der Waals surface area (Å²) < 4.78 is 0. The third-order valence-corrected chi connectivity index (χ3v) is 4.11. The van der Waals surface area contributed by atoms with Gasteiger partial charge in [-0.3, -0.25) is 4.79 Å². The molecule has 0 bridgehead atoms. The molecule has 0 saturated heterocycles. The highest BCUT2D eigenvalue weighted by Crippen LogP contribution is 2.29. The van der Waals surface area contributed by atoms with E-state index in [-0.39, 0.29) is 11.8 Å². The van der Waals surface area contributed by atoms with Gasteiger partial charge in [0.05, 0.1) is 6.54 Å². The van der Waals surface area contributed by atoms with Crippen molar-refractivity contribution in [1.82, 2.24) is 5.32 Å². The summed E-state index contributed by atoms with van der Waals surface area (Å²) in [6.07, 6.45) is 5.02. The molecule has 1 aromatic rings. The zero-order valence-corrected chi connectivity index (χ0v) is 10.1. The van der Waals surface area contributed by atoms with Gasteiger partial charge in [0.25, 0.3) is 0 Å². The van der Waals surface area contributed by atoms with Crippen molar-refractivity contribution in [2.75, 3.05) is 5.88 Å². The lowest BCUT2D eigenvalue weighted by Crippen LogP contribution is -2.23. The summed E-state index contributed by atoms with van der Waals surface area (Å²) in [5.41, 5.74) is 1.49. The molecular weight excluding hydrogens is 230 g/mol. The van der Waals surface area contributed by atoms with Crippen LogP contribution in [0.15, 0.2) is 6.07 Å². The number of halogens is 1. The van der Waals surface area contributed by atoms with Crippen LogP contribution in [0.3, 0.4) is 0 Å². The minimum absolute atomic E-state index is 0.0467. The molecule has 82 valence electrons. The predicted octanol–water partition coefficient (Wildman–Crippen LogP) is 2.48. The number of amides is 1. The average Bonchev–Trinajstić information content (AvgIpc) is 2.68. The molecule has 0 radical (unpaired) electrons. The summed E-state index contributed by atoms with van der Waals surface area (Å²) in [5.74, 6) is -0.0477. The van der Waals surface area contributed by atoms with Crippen molar-refractivity contribution >= 4 is 28.8 Å². The Balaban J connectivity index is 1.97. The van der Waals surface area contributed by atoms with E-state index in [1.807, 2.05) is 11.3 Å². The monoisotopic (exact) mass is 243 g/mol. The Morgan fingerprint density at radius 3 is 3.00 bits per heavy atom. The summed E-state index contributed by atoms with van der Waals surface area (Å²) in [5, 5.41) is 2.80. The molecule has 4 heteroatoms. The second-order valence-corrected chi connectivity index (χ2v) is 5.27. The van der Waals surface area contributed by atoms with Gasteiger partial charge in [-0.05, 0) is 37.3 Å². The van der Waals surface area contributed by atoms with Gasteiger partial charge in [0.1, 0.15) is 5.88 Å². The fourth-order valence-corrected chi connectivity index (χ4v) is 3.17. The van der Waals surface area contributed by atoms with Crippen LogP contribution < -0.4 is 5.32 Å². The molecule has 1 N–H and O–H groups in total. The topological polar surface area (TPSA) is 29.1 Å². The van der Waals surface area contributed by atoms with E-state index in [4.69, 9.17) is 11.6 Å². The molecule has 1 amide bonds. The van der Waals surface area contributed by atoms with Crippen LogP contribution in [-0.2, 0) is 24.2 Å². The molecule has 0 fully saturated rings. The smallest absolute Gasteiger partial charge is 0.235 e. The highest BCUT2D eigenvalue weighted by molar-refractivity contribution is 7.12. The van der Waals surface area contributed by atoms with Crippen LogP contribution in [0.1, 0.15) is 28.2 Å². The van der Waals surface area contributed by atoms with Gasteiger partial charge in [-0.25, -0.2) is 0 Å². The molecule has 2 rings (SSSR count). The van der Waals surface area contributed by atoms with Gasteiger partial charge in [-0.2, -0.15) is 0 Å². The van der Waals surface area contributed by atoms with Crippen LogP contribution in [0.4, 0.5) is 0 Å². The lowest BCUT2D eigenvalue weighted by molar-refractivity contribution is -0.118. The number of carbonyl (C=O) groups is 1. The van der Waals surface area contributed by atoms with Crippen molar-refractivity contribution in [3.05, 3.63) is 21.4 Å². The standard InChI is InChI=1S/C11H14ClNOS/c12-6-11(14)13-7-9-5-8-3-1-2-4-10(8)15-9/h5H,1-4,6-7H2,(H,13,14). The first-order valence-electron chi connectivity index (χ1n) is 5.22. The number of aryl methyl sites for hydroxylation is 2. The van der Waals surface area contributed by atoms with E-state index in [1.54, 1.807) is 0 Å². The normalized spacial score (nSPS) is 14.7. The number of rotatable bonds is 3. The molecule has 0 atom stereocenters. The summed E-state index contributed by atoms with van der Waals surface area (Å²) in [6.45, 7) is 0.628. The largest absolute Gasteiger partial charge is 0.350 e. The summed E-state index contributed by atoms with van der Waals surface area (Å²) in [4.78, 5) is 13.8. The highest BCUT2D eigenvalue weighted by atomic mass is 35.5. The maximum absolute atomic E-state index is 11.0. The summed E-state index contributed by atoms with van der Waals surface area (Å²) in [7, 11) is 0. The van der Waals surface area contributed by atoms with Crippen LogP contribution in [0, 0.1) is 0 Å². The molecule has 1 heterocycles. The third kappa shape index (κ3) is 2.73. The quantitative estimate of drug-likeness (QED) is 0.812. The molecular formula is C11H14ClNOS. The van der Waals surface area contributed by atoms with E-state index in [2.05, 4.69) is 11.4 Å². The fourth-order valence-electron chi connectivity index (χ4n) is 1.87. The Morgan fingerprint density at radius 2 is 2.27 bits per heavy atom. The Labute approximate surface area is 98.6 Å². The lowest BCUT2D eigenvalue weighted by atomic mass is 9.99. The van der Waals surface area contributed by atoms with Crippen LogP contribution in [-0.4, -0.2) is 11.8 Å². The van der Waals surface area contributed by atoms with Crippen LogP contribution in [0.2, 0.25) is 0 Å². The molecule has 2 nitrogen and oxygen atoms in total.